The first-order chi connectivity index (χ1) is 10.9. The van der Waals surface area contributed by atoms with Gasteiger partial charge in [0.25, 0.3) is 0 Å². The zero-order valence-corrected chi connectivity index (χ0v) is 12.1. The molecule has 0 saturated heterocycles. The van der Waals surface area contributed by atoms with Crippen LogP contribution in [0.25, 0.3) is 0 Å². The molecule has 0 aliphatic rings. The Hall–Kier alpha value is -2.87. The van der Waals surface area contributed by atoms with Gasteiger partial charge < -0.3 is 5.21 Å². The normalized spacial score (nSPS) is 11.6. The Morgan fingerprint density at radius 1 is 0.636 bits per heavy atom. The highest BCUT2D eigenvalue weighted by atomic mass is 16.4. The molecule has 22 heavy (non-hydrogen) atoms. The van der Waals surface area contributed by atoms with E-state index in [1.54, 1.807) is 0 Å². The minimum Gasteiger partial charge on any atom is -0.411 e. The summed E-state index contributed by atoms with van der Waals surface area (Å²) >= 11 is 0. The molecule has 2 heteroatoms. The van der Waals surface area contributed by atoms with E-state index < -0.39 is 0 Å². The lowest BCUT2D eigenvalue weighted by Crippen LogP contribution is -2.15. The van der Waals surface area contributed by atoms with Crippen molar-refractivity contribution >= 4 is 5.71 Å². The van der Waals surface area contributed by atoms with Gasteiger partial charge in [0, 0.05) is 5.56 Å². The summed E-state index contributed by atoms with van der Waals surface area (Å²) in [5, 5.41) is 13.3. The van der Waals surface area contributed by atoms with Crippen LogP contribution in [0.5, 0.6) is 0 Å². The van der Waals surface area contributed by atoms with E-state index in [1.165, 1.54) is 0 Å². The number of hydrogen-bond donors (Lipinski definition) is 1. The van der Waals surface area contributed by atoms with E-state index in [0.717, 1.165) is 16.7 Å². The summed E-state index contributed by atoms with van der Waals surface area (Å²) in [4.78, 5) is 0. The molecule has 2 nitrogen and oxygen atoms in total. The summed E-state index contributed by atoms with van der Waals surface area (Å²) in [7, 11) is 0. The maximum absolute atomic E-state index is 9.66. The van der Waals surface area contributed by atoms with Crippen molar-refractivity contribution in [2.24, 2.45) is 5.16 Å². The van der Waals surface area contributed by atoms with Crippen LogP contribution in [0, 0.1) is 0 Å². The molecule has 0 amide bonds. The maximum atomic E-state index is 9.66. The van der Waals surface area contributed by atoms with Crippen molar-refractivity contribution in [1.82, 2.24) is 0 Å². The fourth-order valence-corrected chi connectivity index (χ4v) is 2.69. The van der Waals surface area contributed by atoms with E-state index in [4.69, 9.17) is 0 Å². The van der Waals surface area contributed by atoms with Gasteiger partial charge in [0.1, 0.15) is 0 Å². The molecule has 0 bridgehead atoms. The van der Waals surface area contributed by atoms with E-state index in [1.807, 2.05) is 66.7 Å². The second kappa shape index (κ2) is 6.72. The molecule has 0 atom stereocenters. The van der Waals surface area contributed by atoms with E-state index >= 15 is 0 Å². The first-order valence-electron chi connectivity index (χ1n) is 7.27. The molecule has 0 spiro atoms. The molecule has 0 fully saturated rings. The summed E-state index contributed by atoms with van der Waals surface area (Å²) in [5.74, 6) is -0.102. The van der Waals surface area contributed by atoms with Gasteiger partial charge in [-0.05, 0) is 11.1 Å². The van der Waals surface area contributed by atoms with E-state index in [2.05, 4.69) is 29.4 Å². The van der Waals surface area contributed by atoms with Gasteiger partial charge in [-0.1, -0.05) is 96.2 Å². The quantitative estimate of drug-likeness (QED) is 0.421. The molecule has 3 rings (SSSR count). The van der Waals surface area contributed by atoms with Gasteiger partial charge in [-0.2, -0.15) is 0 Å². The van der Waals surface area contributed by atoms with Gasteiger partial charge in [-0.25, -0.2) is 0 Å². The van der Waals surface area contributed by atoms with Crippen LogP contribution in [-0.2, 0) is 0 Å². The average Bonchev–Trinajstić information content (AvgIpc) is 2.62. The Morgan fingerprint density at radius 2 is 1.05 bits per heavy atom. The lowest BCUT2D eigenvalue weighted by atomic mass is 9.84. The van der Waals surface area contributed by atoms with Crippen molar-refractivity contribution in [3.05, 3.63) is 108 Å². The summed E-state index contributed by atoms with van der Waals surface area (Å²) in [6, 6.07) is 30.0. The molecule has 3 aromatic rings. The van der Waals surface area contributed by atoms with Crippen LogP contribution in [0.15, 0.2) is 96.2 Å². The van der Waals surface area contributed by atoms with Crippen molar-refractivity contribution < 1.29 is 5.21 Å². The third kappa shape index (κ3) is 2.91. The molecule has 0 aliphatic carbocycles. The largest absolute Gasteiger partial charge is 0.411 e. The summed E-state index contributed by atoms with van der Waals surface area (Å²) in [6.45, 7) is 0. The molecule has 3 aromatic carbocycles. The predicted octanol–water partition coefficient (Wildman–Crippen LogP) is 4.70. The molecule has 108 valence electrons. The van der Waals surface area contributed by atoms with Crippen LogP contribution in [-0.4, -0.2) is 10.9 Å². The van der Waals surface area contributed by atoms with Crippen molar-refractivity contribution in [1.29, 1.82) is 0 Å². The number of benzene rings is 3. The van der Waals surface area contributed by atoms with Crippen LogP contribution in [0.4, 0.5) is 0 Å². The van der Waals surface area contributed by atoms with Crippen LogP contribution < -0.4 is 0 Å². The van der Waals surface area contributed by atoms with E-state index in [9.17, 15) is 5.21 Å². The second-order valence-corrected chi connectivity index (χ2v) is 5.11. The highest BCUT2D eigenvalue weighted by Gasteiger charge is 2.22. The van der Waals surface area contributed by atoms with E-state index in [0.29, 0.717) is 5.71 Å². The Balaban J connectivity index is 2.14. The zero-order valence-electron chi connectivity index (χ0n) is 12.1. The highest BCUT2D eigenvalue weighted by Crippen LogP contribution is 2.29. The Kier molecular flexibility index (Phi) is 4.30. The molecule has 0 unspecified atom stereocenters. The SMILES string of the molecule is ON=C(c1ccccc1)C(c1ccccc1)c1ccccc1. The van der Waals surface area contributed by atoms with Gasteiger partial charge in [-0.3, -0.25) is 0 Å². The van der Waals surface area contributed by atoms with Crippen LogP contribution >= 0.6 is 0 Å². The number of nitrogens with zero attached hydrogens (tertiary/aromatic N) is 1. The number of hydrogen-bond acceptors (Lipinski definition) is 2. The van der Waals surface area contributed by atoms with Gasteiger partial charge in [0.2, 0.25) is 0 Å². The molecular formula is C20H17NO. The van der Waals surface area contributed by atoms with Gasteiger partial charge in [0.15, 0.2) is 0 Å². The lowest BCUT2D eigenvalue weighted by Gasteiger charge is -2.19. The third-order valence-corrected chi connectivity index (χ3v) is 3.72. The average molecular weight is 287 g/mol. The topological polar surface area (TPSA) is 32.6 Å². The lowest BCUT2D eigenvalue weighted by molar-refractivity contribution is 0.317. The van der Waals surface area contributed by atoms with Crippen molar-refractivity contribution in [3.8, 4) is 0 Å². The van der Waals surface area contributed by atoms with Crippen molar-refractivity contribution in [2.45, 2.75) is 5.92 Å². The Morgan fingerprint density at radius 3 is 1.45 bits per heavy atom. The summed E-state index contributed by atoms with van der Waals surface area (Å²) in [5.41, 5.74) is 3.77. The number of oxime groups is 1. The van der Waals surface area contributed by atoms with Crippen molar-refractivity contribution in [2.75, 3.05) is 0 Å². The first-order valence-corrected chi connectivity index (χ1v) is 7.27. The smallest absolute Gasteiger partial charge is 0.0986 e. The number of rotatable bonds is 4. The van der Waals surface area contributed by atoms with Gasteiger partial charge in [0.05, 0.1) is 11.6 Å². The van der Waals surface area contributed by atoms with Gasteiger partial charge in [-0.15, -0.1) is 0 Å². The Labute approximate surface area is 130 Å². The van der Waals surface area contributed by atoms with Crippen LogP contribution in [0.3, 0.4) is 0 Å². The second-order valence-electron chi connectivity index (χ2n) is 5.11. The fraction of sp³-hybridized carbons (Fsp3) is 0.0500. The molecule has 0 saturated carbocycles. The minimum atomic E-state index is -0.102. The zero-order chi connectivity index (χ0) is 15.2. The standard InChI is InChI=1S/C20H17NO/c22-21-20(18-14-8-3-9-15-18)19(16-10-4-1-5-11-16)17-12-6-2-7-13-17/h1-15,19,22H. The van der Waals surface area contributed by atoms with Crippen LogP contribution in [0.2, 0.25) is 0 Å². The summed E-state index contributed by atoms with van der Waals surface area (Å²) in [6.07, 6.45) is 0. The minimum absolute atomic E-state index is 0.102. The molecule has 0 radical (unpaired) electrons. The maximum Gasteiger partial charge on any atom is 0.0986 e. The summed E-state index contributed by atoms with van der Waals surface area (Å²) < 4.78 is 0. The third-order valence-electron chi connectivity index (χ3n) is 3.72. The fourth-order valence-electron chi connectivity index (χ4n) is 2.69. The molecule has 0 aromatic heterocycles. The van der Waals surface area contributed by atoms with Crippen molar-refractivity contribution in [3.63, 3.8) is 0 Å². The van der Waals surface area contributed by atoms with E-state index in [-0.39, 0.29) is 5.92 Å². The monoisotopic (exact) mass is 287 g/mol. The molecular weight excluding hydrogens is 270 g/mol. The predicted molar refractivity (Wildman–Crippen MR) is 89.5 cm³/mol. The first kappa shape index (κ1) is 14.1. The van der Waals surface area contributed by atoms with Crippen LogP contribution in [0.1, 0.15) is 22.6 Å². The van der Waals surface area contributed by atoms with Gasteiger partial charge >= 0.3 is 0 Å². The molecule has 0 heterocycles. The molecule has 1 N–H and O–H groups in total. The highest BCUT2D eigenvalue weighted by molar-refractivity contribution is 6.06. The Bertz CT molecular complexity index is 697. The molecule has 0 aliphatic heterocycles.